The molecule has 8 heteroatoms. The van der Waals surface area contributed by atoms with Crippen molar-refractivity contribution in [3.05, 3.63) is 46.8 Å². The average molecular weight is 403 g/mol. The van der Waals surface area contributed by atoms with Crippen LogP contribution in [0.25, 0.3) is 0 Å². The Balaban J connectivity index is 1.49. The molecule has 150 valence electrons. The van der Waals surface area contributed by atoms with Crippen LogP contribution in [0.15, 0.2) is 29.2 Å². The minimum absolute atomic E-state index is 0.0777. The molecular formula is C20H26N4O3S. The van der Waals surface area contributed by atoms with Crippen molar-refractivity contribution in [1.29, 1.82) is 0 Å². The molecule has 1 amide bonds. The van der Waals surface area contributed by atoms with Crippen molar-refractivity contribution in [3.8, 4) is 0 Å². The van der Waals surface area contributed by atoms with Crippen LogP contribution in [0.5, 0.6) is 0 Å². The summed E-state index contributed by atoms with van der Waals surface area (Å²) in [5.74, 6) is 0.101. The van der Waals surface area contributed by atoms with Gasteiger partial charge in [-0.25, -0.2) is 8.42 Å². The molecule has 1 saturated heterocycles. The standard InChI is InChI=1S/C20H26N4O3S/c1-14-4-5-19(15(2)12-14)28(26,27)23-10-6-16(7-11-23)17-13-18-20(25)21-8-3-9-24(18)22-17/h4-5,12-13,16H,3,6-11H2,1-2H3,(H,21,25). The summed E-state index contributed by atoms with van der Waals surface area (Å²) in [6.07, 6.45) is 2.29. The number of sulfonamides is 1. The number of hydrogen-bond donors (Lipinski definition) is 1. The molecule has 1 fully saturated rings. The lowest BCUT2D eigenvalue weighted by Gasteiger charge is -2.31. The van der Waals surface area contributed by atoms with Gasteiger partial charge in [0, 0.05) is 32.1 Å². The lowest BCUT2D eigenvalue weighted by atomic mass is 9.94. The molecule has 1 aromatic carbocycles. The van der Waals surface area contributed by atoms with Crippen LogP contribution in [0, 0.1) is 13.8 Å². The van der Waals surface area contributed by atoms with Crippen molar-refractivity contribution in [2.75, 3.05) is 19.6 Å². The van der Waals surface area contributed by atoms with Gasteiger partial charge in [-0.1, -0.05) is 17.7 Å². The highest BCUT2D eigenvalue weighted by Crippen LogP contribution is 2.31. The Kier molecular flexibility index (Phi) is 5.01. The second-order valence-corrected chi connectivity index (χ2v) is 9.64. The predicted molar refractivity (Wildman–Crippen MR) is 106 cm³/mol. The summed E-state index contributed by atoms with van der Waals surface area (Å²) in [6, 6.07) is 7.33. The molecule has 2 aromatic rings. The maximum absolute atomic E-state index is 13.1. The number of carbonyl (C=O) groups excluding carboxylic acids is 1. The maximum atomic E-state index is 13.1. The molecule has 7 nitrogen and oxygen atoms in total. The van der Waals surface area contributed by atoms with Crippen LogP contribution in [-0.4, -0.2) is 48.0 Å². The molecule has 0 radical (unpaired) electrons. The Labute approximate surface area is 165 Å². The molecule has 4 rings (SSSR count). The van der Waals surface area contributed by atoms with Crippen LogP contribution in [-0.2, 0) is 16.6 Å². The zero-order valence-electron chi connectivity index (χ0n) is 16.3. The molecule has 0 atom stereocenters. The van der Waals surface area contributed by atoms with Crippen LogP contribution in [0.4, 0.5) is 0 Å². The van der Waals surface area contributed by atoms with Crippen LogP contribution < -0.4 is 5.32 Å². The number of aromatic nitrogens is 2. The number of fused-ring (bicyclic) bond motifs is 1. The van der Waals surface area contributed by atoms with Gasteiger partial charge in [0.25, 0.3) is 5.91 Å². The molecule has 0 aliphatic carbocycles. The van der Waals surface area contributed by atoms with Crippen molar-refractivity contribution in [1.82, 2.24) is 19.4 Å². The largest absolute Gasteiger partial charge is 0.351 e. The first-order valence-electron chi connectivity index (χ1n) is 9.79. The number of piperidine rings is 1. The van der Waals surface area contributed by atoms with Gasteiger partial charge in [-0.2, -0.15) is 9.40 Å². The summed E-state index contributed by atoms with van der Waals surface area (Å²) in [4.78, 5) is 12.5. The highest BCUT2D eigenvalue weighted by molar-refractivity contribution is 7.89. The molecule has 1 N–H and O–H groups in total. The van der Waals surface area contributed by atoms with E-state index in [2.05, 4.69) is 10.4 Å². The van der Waals surface area contributed by atoms with E-state index in [9.17, 15) is 13.2 Å². The molecular weight excluding hydrogens is 376 g/mol. The molecule has 3 heterocycles. The molecule has 1 aromatic heterocycles. The fraction of sp³-hybridized carbons (Fsp3) is 0.500. The van der Waals surface area contributed by atoms with E-state index in [0.29, 0.717) is 43.1 Å². The quantitative estimate of drug-likeness (QED) is 0.853. The first-order valence-corrected chi connectivity index (χ1v) is 11.2. The number of carbonyl (C=O) groups is 1. The summed E-state index contributed by atoms with van der Waals surface area (Å²) in [5.41, 5.74) is 3.35. The van der Waals surface area contributed by atoms with Crippen molar-refractivity contribution in [2.45, 2.75) is 50.5 Å². The normalized spacial score (nSPS) is 19.1. The summed E-state index contributed by atoms with van der Waals surface area (Å²) in [5, 5.41) is 7.53. The molecule has 0 spiro atoms. The van der Waals surface area contributed by atoms with Crippen molar-refractivity contribution in [3.63, 3.8) is 0 Å². The van der Waals surface area contributed by atoms with E-state index in [1.165, 1.54) is 0 Å². The van der Waals surface area contributed by atoms with Gasteiger partial charge in [0.05, 0.1) is 10.6 Å². The minimum atomic E-state index is -3.49. The average Bonchev–Trinajstić information content (AvgIpc) is 3.01. The van der Waals surface area contributed by atoms with E-state index >= 15 is 0 Å². The lowest BCUT2D eigenvalue weighted by molar-refractivity contribution is 0.0950. The number of aryl methyl sites for hydroxylation is 3. The maximum Gasteiger partial charge on any atom is 0.269 e. The third-order valence-electron chi connectivity index (χ3n) is 5.68. The van der Waals surface area contributed by atoms with Gasteiger partial charge >= 0.3 is 0 Å². The molecule has 0 bridgehead atoms. The van der Waals surface area contributed by atoms with E-state index in [1.54, 1.807) is 15.1 Å². The Bertz CT molecular complexity index is 1000. The predicted octanol–water partition coefficient (Wildman–Crippen LogP) is 2.20. The summed E-state index contributed by atoms with van der Waals surface area (Å²) >= 11 is 0. The molecule has 0 saturated carbocycles. The van der Waals surface area contributed by atoms with Gasteiger partial charge in [0.1, 0.15) is 5.69 Å². The molecule has 2 aliphatic heterocycles. The SMILES string of the molecule is Cc1ccc(S(=O)(=O)N2CCC(c3cc4n(n3)CCCNC4=O)CC2)c(C)c1. The van der Waals surface area contributed by atoms with Crippen molar-refractivity contribution >= 4 is 15.9 Å². The van der Waals surface area contributed by atoms with E-state index in [4.69, 9.17) is 0 Å². The summed E-state index contributed by atoms with van der Waals surface area (Å²) in [7, 11) is -3.49. The van der Waals surface area contributed by atoms with Crippen LogP contribution in [0.3, 0.4) is 0 Å². The number of rotatable bonds is 3. The van der Waals surface area contributed by atoms with E-state index in [0.717, 1.165) is 29.8 Å². The Morgan fingerprint density at radius 1 is 1.11 bits per heavy atom. The van der Waals surface area contributed by atoms with Crippen LogP contribution >= 0.6 is 0 Å². The first-order chi connectivity index (χ1) is 13.4. The van der Waals surface area contributed by atoms with Crippen molar-refractivity contribution < 1.29 is 13.2 Å². The minimum Gasteiger partial charge on any atom is -0.351 e. The van der Waals surface area contributed by atoms with Gasteiger partial charge in [-0.05, 0) is 50.8 Å². The topological polar surface area (TPSA) is 84.3 Å². The van der Waals surface area contributed by atoms with Gasteiger partial charge < -0.3 is 5.32 Å². The fourth-order valence-electron chi connectivity index (χ4n) is 4.13. The number of benzene rings is 1. The monoisotopic (exact) mass is 402 g/mol. The first kappa shape index (κ1) is 19.1. The highest BCUT2D eigenvalue weighted by Gasteiger charge is 2.32. The Morgan fingerprint density at radius 2 is 1.86 bits per heavy atom. The third kappa shape index (κ3) is 3.46. The number of nitrogens with zero attached hydrogens (tertiary/aromatic N) is 3. The zero-order valence-corrected chi connectivity index (χ0v) is 17.1. The van der Waals surface area contributed by atoms with Gasteiger partial charge in [0.2, 0.25) is 10.0 Å². The smallest absolute Gasteiger partial charge is 0.269 e. The van der Waals surface area contributed by atoms with E-state index < -0.39 is 10.0 Å². The zero-order chi connectivity index (χ0) is 19.9. The molecule has 28 heavy (non-hydrogen) atoms. The van der Waals surface area contributed by atoms with Gasteiger partial charge in [-0.15, -0.1) is 0 Å². The second kappa shape index (κ2) is 7.33. The summed E-state index contributed by atoms with van der Waals surface area (Å²) in [6.45, 7) is 6.14. The number of nitrogens with one attached hydrogen (secondary N) is 1. The van der Waals surface area contributed by atoms with Crippen molar-refractivity contribution in [2.24, 2.45) is 0 Å². The lowest BCUT2D eigenvalue weighted by Crippen LogP contribution is -2.38. The highest BCUT2D eigenvalue weighted by atomic mass is 32.2. The number of hydrogen-bond acceptors (Lipinski definition) is 4. The Hall–Kier alpha value is -2.19. The Morgan fingerprint density at radius 3 is 2.57 bits per heavy atom. The summed E-state index contributed by atoms with van der Waals surface area (Å²) < 4.78 is 29.5. The second-order valence-electron chi connectivity index (χ2n) is 7.73. The van der Waals surface area contributed by atoms with Gasteiger partial charge in [0.15, 0.2) is 0 Å². The van der Waals surface area contributed by atoms with Crippen LogP contribution in [0.2, 0.25) is 0 Å². The third-order valence-corrected chi connectivity index (χ3v) is 7.74. The molecule has 2 aliphatic rings. The van der Waals surface area contributed by atoms with E-state index in [1.807, 2.05) is 32.0 Å². The van der Waals surface area contributed by atoms with Crippen LogP contribution in [0.1, 0.15) is 52.5 Å². The molecule has 0 unspecified atom stereocenters. The fourth-order valence-corrected chi connectivity index (χ4v) is 5.81. The number of amides is 1. The van der Waals surface area contributed by atoms with Gasteiger partial charge in [-0.3, -0.25) is 9.48 Å². The van der Waals surface area contributed by atoms with E-state index in [-0.39, 0.29) is 11.8 Å².